The Morgan fingerprint density at radius 2 is 1.86 bits per heavy atom. The molecule has 21 heavy (non-hydrogen) atoms. The Balaban J connectivity index is 1.57. The van der Waals surface area contributed by atoms with E-state index in [1.165, 1.54) is 0 Å². The Morgan fingerprint density at radius 1 is 1.14 bits per heavy atom. The Labute approximate surface area is 127 Å². The largest absolute Gasteiger partial charge is 0.381 e. The average molecular weight is 296 g/mol. The van der Waals surface area contributed by atoms with Gasteiger partial charge < -0.3 is 14.7 Å². The molecule has 0 radical (unpaired) electrons. The molecule has 3 aliphatic heterocycles. The van der Waals surface area contributed by atoms with Gasteiger partial charge >= 0.3 is 0 Å². The molecule has 1 amide bonds. The van der Waals surface area contributed by atoms with Crippen molar-refractivity contribution in [1.29, 1.82) is 0 Å². The number of piperidine rings is 1. The third-order valence-corrected chi connectivity index (χ3v) is 5.20. The molecule has 3 saturated heterocycles. The van der Waals surface area contributed by atoms with Crippen molar-refractivity contribution in [2.75, 3.05) is 45.9 Å². The molecule has 1 unspecified atom stereocenters. The standard InChI is InChI=1S/C16H28N2O3/c19-15(18-8-1-2-9-18)16(20)6-3-7-17(13-16)12-14-4-10-21-11-5-14/h14,20H,1-13H2. The zero-order valence-electron chi connectivity index (χ0n) is 12.9. The number of ether oxygens (including phenoxy) is 1. The fourth-order valence-corrected chi connectivity index (χ4v) is 3.96. The minimum absolute atomic E-state index is 0.0309. The van der Waals surface area contributed by atoms with Crippen molar-refractivity contribution in [2.24, 2.45) is 5.92 Å². The van der Waals surface area contributed by atoms with Crippen LogP contribution in [0.15, 0.2) is 0 Å². The smallest absolute Gasteiger partial charge is 0.255 e. The molecule has 0 saturated carbocycles. The first-order valence-electron chi connectivity index (χ1n) is 8.49. The van der Waals surface area contributed by atoms with E-state index >= 15 is 0 Å². The molecule has 3 rings (SSSR count). The molecule has 0 aromatic carbocycles. The van der Waals surface area contributed by atoms with E-state index < -0.39 is 5.60 Å². The highest BCUT2D eigenvalue weighted by Crippen LogP contribution is 2.27. The summed E-state index contributed by atoms with van der Waals surface area (Å²) in [6.07, 6.45) is 5.90. The van der Waals surface area contributed by atoms with E-state index in [1.807, 2.05) is 4.90 Å². The molecular formula is C16H28N2O3. The third kappa shape index (κ3) is 3.58. The number of hydrogen-bond acceptors (Lipinski definition) is 4. The number of nitrogens with zero attached hydrogens (tertiary/aromatic N) is 2. The van der Waals surface area contributed by atoms with Crippen LogP contribution in [-0.4, -0.2) is 72.4 Å². The lowest BCUT2D eigenvalue weighted by atomic mass is 9.89. The van der Waals surface area contributed by atoms with Crippen LogP contribution in [0.4, 0.5) is 0 Å². The van der Waals surface area contributed by atoms with Crippen molar-refractivity contribution >= 4 is 5.91 Å². The monoisotopic (exact) mass is 296 g/mol. The lowest BCUT2D eigenvalue weighted by Crippen LogP contribution is -2.58. The molecule has 5 heteroatoms. The van der Waals surface area contributed by atoms with Crippen LogP contribution in [-0.2, 0) is 9.53 Å². The number of amides is 1. The van der Waals surface area contributed by atoms with Gasteiger partial charge in [-0.15, -0.1) is 0 Å². The highest BCUT2D eigenvalue weighted by Gasteiger charge is 2.43. The van der Waals surface area contributed by atoms with Gasteiger partial charge in [-0.3, -0.25) is 9.69 Å². The molecule has 3 fully saturated rings. The summed E-state index contributed by atoms with van der Waals surface area (Å²) in [5.41, 5.74) is -1.15. The molecule has 0 bridgehead atoms. The van der Waals surface area contributed by atoms with Crippen molar-refractivity contribution < 1.29 is 14.6 Å². The highest BCUT2D eigenvalue weighted by atomic mass is 16.5. The lowest BCUT2D eigenvalue weighted by molar-refractivity contribution is -0.156. The maximum absolute atomic E-state index is 12.6. The Kier molecular flexibility index (Phi) is 4.82. The minimum atomic E-state index is -1.15. The summed E-state index contributed by atoms with van der Waals surface area (Å²) in [5.74, 6) is 0.625. The predicted octanol–water partition coefficient (Wildman–Crippen LogP) is 0.862. The van der Waals surface area contributed by atoms with Gasteiger partial charge in [0.15, 0.2) is 5.60 Å². The molecule has 3 heterocycles. The van der Waals surface area contributed by atoms with Crippen LogP contribution in [0.1, 0.15) is 38.5 Å². The zero-order chi connectivity index (χ0) is 14.7. The van der Waals surface area contributed by atoms with Crippen LogP contribution in [0.2, 0.25) is 0 Å². The van der Waals surface area contributed by atoms with Crippen LogP contribution in [0, 0.1) is 5.92 Å². The van der Waals surface area contributed by atoms with E-state index in [4.69, 9.17) is 4.74 Å². The fraction of sp³-hybridized carbons (Fsp3) is 0.938. The van der Waals surface area contributed by atoms with E-state index in [0.29, 0.717) is 18.9 Å². The van der Waals surface area contributed by atoms with Gasteiger partial charge in [0.05, 0.1) is 0 Å². The van der Waals surface area contributed by atoms with E-state index in [9.17, 15) is 9.90 Å². The summed E-state index contributed by atoms with van der Waals surface area (Å²) in [7, 11) is 0. The second kappa shape index (κ2) is 6.63. The van der Waals surface area contributed by atoms with Crippen molar-refractivity contribution in [1.82, 2.24) is 9.80 Å². The number of likely N-dealkylation sites (tertiary alicyclic amines) is 2. The van der Waals surface area contributed by atoms with Gasteiger partial charge in [-0.05, 0) is 51.0 Å². The third-order valence-electron chi connectivity index (χ3n) is 5.20. The molecule has 120 valence electrons. The molecule has 3 aliphatic rings. The summed E-state index contributed by atoms with van der Waals surface area (Å²) in [5, 5.41) is 10.8. The Hall–Kier alpha value is -0.650. The second-order valence-corrected chi connectivity index (χ2v) is 6.93. The van der Waals surface area contributed by atoms with Crippen molar-refractivity contribution in [3.63, 3.8) is 0 Å². The molecule has 0 aromatic heterocycles. The molecule has 0 spiro atoms. The molecule has 5 nitrogen and oxygen atoms in total. The van der Waals surface area contributed by atoms with E-state index in [2.05, 4.69) is 4.90 Å². The van der Waals surface area contributed by atoms with Crippen LogP contribution in [0.5, 0.6) is 0 Å². The maximum Gasteiger partial charge on any atom is 0.255 e. The maximum atomic E-state index is 12.6. The summed E-state index contributed by atoms with van der Waals surface area (Å²) in [4.78, 5) is 16.7. The molecule has 0 aromatic rings. The number of β-amino-alcohol motifs (C(OH)–C–C–N with tert-alkyl or cyclic N) is 1. The molecule has 0 aliphatic carbocycles. The minimum Gasteiger partial charge on any atom is -0.381 e. The van der Waals surface area contributed by atoms with Crippen LogP contribution in [0.3, 0.4) is 0 Å². The van der Waals surface area contributed by atoms with E-state index in [-0.39, 0.29) is 5.91 Å². The van der Waals surface area contributed by atoms with Gasteiger partial charge in [0, 0.05) is 39.4 Å². The first kappa shape index (κ1) is 15.3. The first-order valence-corrected chi connectivity index (χ1v) is 8.49. The normalized spacial score (nSPS) is 32.5. The lowest BCUT2D eigenvalue weighted by Gasteiger charge is -2.41. The number of carbonyl (C=O) groups excluding carboxylic acids is 1. The van der Waals surface area contributed by atoms with Crippen LogP contribution in [0.25, 0.3) is 0 Å². The van der Waals surface area contributed by atoms with Crippen molar-refractivity contribution in [3.8, 4) is 0 Å². The first-order chi connectivity index (χ1) is 10.2. The van der Waals surface area contributed by atoms with Crippen LogP contribution < -0.4 is 0 Å². The van der Waals surface area contributed by atoms with Gasteiger partial charge in [-0.2, -0.15) is 0 Å². The summed E-state index contributed by atoms with van der Waals surface area (Å²) >= 11 is 0. The van der Waals surface area contributed by atoms with E-state index in [1.54, 1.807) is 0 Å². The predicted molar refractivity (Wildman–Crippen MR) is 80.0 cm³/mol. The number of hydrogen-bond donors (Lipinski definition) is 1. The summed E-state index contributed by atoms with van der Waals surface area (Å²) in [6.45, 7) is 5.87. The molecular weight excluding hydrogens is 268 g/mol. The van der Waals surface area contributed by atoms with Crippen molar-refractivity contribution in [2.45, 2.75) is 44.1 Å². The molecule has 1 atom stereocenters. The van der Waals surface area contributed by atoms with Crippen LogP contribution >= 0.6 is 0 Å². The Bertz CT molecular complexity index is 365. The van der Waals surface area contributed by atoms with E-state index in [0.717, 1.165) is 71.5 Å². The Morgan fingerprint density at radius 3 is 2.57 bits per heavy atom. The van der Waals surface area contributed by atoms with Crippen molar-refractivity contribution in [3.05, 3.63) is 0 Å². The SMILES string of the molecule is O=C(N1CCCC1)C1(O)CCCN(CC2CCOCC2)C1. The highest BCUT2D eigenvalue weighted by molar-refractivity contribution is 5.85. The fourth-order valence-electron chi connectivity index (χ4n) is 3.96. The number of carbonyl (C=O) groups is 1. The van der Waals surface area contributed by atoms with Gasteiger partial charge in [0.25, 0.3) is 5.91 Å². The van der Waals surface area contributed by atoms with Gasteiger partial charge in [0.2, 0.25) is 0 Å². The van der Waals surface area contributed by atoms with Gasteiger partial charge in [-0.1, -0.05) is 0 Å². The number of aliphatic hydroxyl groups is 1. The average Bonchev–Trinajstić information content (AvgIpc) is 3.02. The quantitative estimate of drug-likeness (QED) is 0.839. The number of rotatable bonds is 3. The topological polar surface area (TPSA) is 53.0 Å². The second-order valence-electron chi connectivity index (χ2n) is 6.93. The van der Waals surface area contributed by atoms with Gasteiger partial charge in [0.1, 0.15) is 0 Å². The zero-order valence-corrected chi connectivity index (χ0v) is 12.9. The van der Waals surface area contributed by atoms with Gasteiger partial charge in [-0.25, -0.2) is 0 Å². The summed E-state index contributed by atoms with van der Waals surface area (Å²) in [6, 6.07) is 0. The molecule has 1 N–H and O–H groups in total. The summed E-state index contributed by atoms with van der Waals surface area (Å²) < 4.78 is 5.41.